The van der Waals surface area contributed by atoms with E-state index < -0.39 is 0 Å². The predicted molar refractivity (Wildman–Crippen MR) is 166 cm³/mol. The summed E-state index contributed by atoms with van der Waals surface area (Å²) in [4.78, 5) is 0. The molecular formula is C38H46. The van der Waals surface area contributed by atoms with Gasteiger partial charge in [-0.1, -0.05) is 120 Å². The van der Waals surface area contributed by atoms with Crippen LogP contribution in [0.1, 0.15) is 79.1 Å². The van der Waals surface area contributed by atoms with E-state index >= 15 is 0 Å². The first-order valence-corrected chi connectivity index (χ1v) is 14.4. The number of rotatable bonds is 9. The Morgan fingerprint density at radius 3 is 1.68 bits per heavy atom. The standard InChI is InChI=1S/C38H46/c1-27(2)22-37-25-33(9-8-28(37)3)24-32-15-17-34(29(4)23-32)16-10-30-11-18-35(19-12-30)36-20-13-31(14-21-36)26-38(5,6)7/h8-9,11-15,17-21,23,25,27H,10,16,22,24,26H2,1-7H3. The zero-order chi connectivity index (χ0) is 27.3. The summed E-state index contributed by atoms with van der Waals surface area (Å²) in [5, 5.41) is 0. The van der Waals surface area contributed by atoms with Crippen LogP contribution in [0.25, 0.3) is 11.1 Å². The second kappa shape index (κ2) is 12.2. The lowest BCUT2D eigenvalue weighted by molar-refractivity contribution is 0.411. The van der Waals surface area contributed by atoms with Gasteiger partial charge in [-0.15, -0.1) is 0 Å². The molecule has 0 unspecified atom stereocenters. The molecule has 0 atom stereocenters. The van der Waals surface area contributed by atoms with Crippen LogP contribution in [-0.4, -0.2) is 0 Å². The maximum Gasteiger partial charge on any atom is -0.00256 e. The summed E-state index contributed by atoms with van der Waals surface area (Å²) < 4.78 is 0. The summed E-state index contributed by atoms with van der Waals surface area (Å²) in [5.74, 6) is 0.687. The van der Waals surface area contributed by atoms with Crippen molar-refractivity contribution in [3.63, 3.8) is 0 Å². The van der Waals surface area contributed by atoms with Crippen molar-refractivity contribution < 1.29 is 0 Å². The molecule has 0 aliphatic heterocycles. The fourth-order valence-electron chi connectivity index (χ4n) is 5.45. The van der Waals surface area contributed by atoms with E-state index in [9.17, 15) is 0 Å². The largest absolute Gasteiger partial charge is 0.0625 e. The topological polar surface area (TPSA) is 0 Å². The normalized spacial score (nSPS) is 11.8. The molecule has 0 radical (unpaired) electrons. The van der Waals surface area contributed by atoms with Gasteiger partial charge in [0.2, 0.25) is 0 Å². The molecule has 4 rings (SSSR count). The molecule has 0 amide bonds. The summed E-state index contributed by atoms with van der Waals surface area (Å²) >= 11 is 0. The molecule has 0 spiro atoms. The molecule has 38 heavy (non-hydrogen) atoms. The highest BCUT2D eigenvalue weighted by atomic mass is 14.2. The minimum Gasteiger partial charge on any atom is -0.0625 e. The quantitative estimate of drug-likeness (QED) is 0.213. The molecule has 0 heterocycles. The second-order valence-electron chi connectivity index (χ2n) is 12.9. The Morgan fingerprint density at radius 2 is 1.11 bits per heavy atom. The summed E-state index contributed by atoms with van der Waals surface area (Å²) in [6.45, 7) is 16.0. The lowest BCUT2D eigenvalue weighted by Crippen LogP contribution is -2.08. The van der Waals surface area contributed by atoms with Gasteiger partial charge in [-0.3, -0.25) is 0 Å². The van der Waals surface area contributed by atoms with Crippen LogP contribution in [0.2, 0.25) is 0 Å². The Bertz CT molecular complexity index is 1330. The molecule has 0 saturated carbocycles. The Kier molecular flexibility index (Phi) is 8.93. The van der Waals surface area contributed by atoms with Crippen molar-refractivity contribution in [3.05, 3.63) is 129 Å². The molecule has 0 fully saturated rings. The molecule has 0 bridgehead atoms. The van der Waals surface area contributed by atoms with E-state index in [0.29, 0.717) is 11.3 Å². The Balaban J connectivity index is 1.35. The van der Waals surface area contributed by atoms with E-state index in [1.54, 1.807) is 0 Å². The van der Waals surface area contributed by atoms with E-state index in [2.05, 4.69) is 133 Å². The Hall–Kier alpha value is -3.12. The van der Waals surface area contributed by atoms with E-state index in [-0.39, 0.29) is 0 Å². The van der Waals surface area contributed by atoms with Gasteiger partial charge in [0.1, 0.15) is 0 Å². The summed E-state index contributed by atoms with van der Waals surface area (Å²) in [6, 6.07) is 32.3. The molecule has 0 aliphatic rings. The van der Waals surface area contributed by atoms with Crippen LogP contribution in [0, 0.1) is 25.2 Å². The first kappa shape index (κ1) is 27.9. The molecular weight excluding hydrogens is 456 g/mol. The van der Waals surface area contributed by atoms with Gasteiger partial charge >= 0.3 is 0 Å². The van der Waals surface area contributed by atoms with E-state index in [1.807, 2.05) is 0 Å². The lowest BCUT2D eigenvalue weighted by atomic mass is 9.87. The van der Waals surface area contributed by atoms with Gasteiger partial charge in [0.15, 0.2) is 0 Å². The molecule has 0 heteroatoms. The van der Waals surface area contributed by atoms with Crippen molar-refractivity contribution in [2.75, 3.05) is 0 Å². The maximum absolute atomic E-state index is 2.42. The van der Waals surface area contributed by atoms with Crippen LogP contribution in [0.15, 0.2) is 84.9 Å². The van der Waals surface area contributed by atoms with Crippen LogP contribution in [0.3, 0.4) is 0 Å². The van der Waals surface area contributed by atoms with Crippen LogP contribution in [0.5, 0.6) is 0 Å². The summed E-state index contributed by atoms with van der Waals surface area (Å²) in [5.41, 5.74) is 14.3. The number of hydrogen-bond donors (Lipinski definition) is 0. The fourth-order valence-corrected chi connectivity index (χ4v) is 5.45. The molecule has 198 valence electrons. The highest BCUT2D eigenvalue weighted by Gasteiger charge is 2.11. The molecule has 4 aromatic rings. The average Bonchev–Trinajstić information content (AvgIpc) is 2.85. The van der Waals surface area contributed by atoms with E-state index in [1.165, 1.54) is 55.6 Å². The van der Waals surface area contributed by atoms with Gasteiger partial charge in [-0.25, -0.2) is 0 Å². The van der Waals surface area contributed by atoms with Gasteiger partial charge in [-0.2, -0.15) is 0 Å². The van der Waals surface area contributed by atoms with Crippen molar-refractivity contribution in [2.24, 2.45) is 11.3 Å². The number of hydrogen-bond acceptors (Lipinski definition) is 0. The van der Waals surface area contributed by atoms with Crippen LogP contribution in [-0.2, 0) is 32.1 Å². The zero-order valence-electron chi connectivity index (χ0n) is 24.7. The first-order chi connectivity index (χ1) is 18.1. The molecule has 0 aromatic heterocycles. The third-order valence-electron chi connectivity index (χ3n) is 7.52. The van der Waals surface area contributed by atoms with Crippen LogP contribution >= 0.6 is 0 Å². The Morgan fingerprint density at radius 1 is 0.553 bits per heavy atom. The number of benzene rings is 4. The lowest BCUT2D eigenvalue weighted by Gasteiger charge is -2.18. The summed E-state index contributed by atoms with van der Waals surface area (Å²) in [7, 11) is 0. The number of aryl methyl sites for hydroxylation is 4. The van der Waals surface area contributed by atoms with Crippen molar-refractivity contribution in [1.82, 2.24) is 0 Å². The van der Waals surface area contributed by atoms with Gasteiger partial charge < -0.3 is 0 Å². The van der Waals surface area contributed by atoms with Gasteiger partial charge in [-0.05, 0) is 113 Å². The minimum absolute atomic E-state index is 0.320. The minimum atomic E-state index is 0.320. The van der Waals surface area contributed by atoms with Crippen molar-refractivity contribution in [1.29, 1.82) is 0 Å². The first-order valence-electron chi connectivity index (χ1n) is 14.4. The van der Waals surface area contributed by atoms with E-state index in [0.717, 1.165) is 32.1 Å². The second-order valence-corrected chi connectivity index (χ2v) is 12.9. The SMILES string of the molecule is Cc1cc(Cc2ccc(C)c(CC(C)C)c2)ccc1CCc1ccc(-c2ccc(CC(C)(C)C)cc2)cc1. The molecule has 4 aromatic carbocycles. The highest BCUT2D eigenvalue weighted by Crippen LogP contribution is 2.25. The third-order valence-corrected chi connectivity index (χ3v) is 7.52. The van der Waals surface area contributed by atoms with Crippen molar-refractivity contribution in [3.8, 4) is 11.1 Å². The summed E-state index contributed by atoms with van der Waals surface area (Å²) in [6.07, 6.45) is 5.42. The van der Waals surface area contributed by atoms with Crippen LogP contribution in [0.4, 0.5) is 0 Å². The monoisotopic (exact) mass is 502 g/mol. The smallest absolute Gasteiger partial charge is 0.00256 e. The molecule has 0 aliphatic carbocycles. The van der Waals surface area contributed by atoms with Gasteiger partial charge in [0.25, 0.3) is 0 Å². The zero-order valence-corrected chi connectivity index (χ0v) is 24.7. The Labute approximate surface area is 232 Å². The maximum atomic E-state index is 2.42. The van der Waals surface area contributed by atoms with Gasteiger partial charge in [0.05, 0.1) is 0 Å². The highest BCUT2D eigenvalue weighted by molar-refractivity contribution is 5.64. The van der Waals surface area contributed by atoms with E-state index in [4.69, 9.17) is 0 Å². The molecule has 0 nitrogen and oxygen atoms in total. The third kappa shape index (κ3) is 7.94. The predicted octanol–water partition coefficient (Wildman–Crippen LogP) is 10.1. The van der Waals surface area contributed by atoms with Crippen molar-refractivity contribution >= 4 is 0 Å². The van der Waals surface area contributed by atoms with Crippen LogP contribution < -0.4 is 0 Å². The van der Waals surface area contributed by atoms with Gasteiger partial charge in [0, 0.05) is 0 Å². The van der Waals surface area contributed by atoms with Crippen molar-refractivity contribution in [2.45, 2.75) is 80.6 Å². The fraction of sp³-hybridized carbons (Fsp3) is 0.368. The molecule has 0 saturated heterocycles. The molecule has 0 N–H and O–H groups in total. The average molecular weight is 503 g/mol.